The molecule has 0 atom stereocenters. The Hall–Kier alpha value is -2.26. The normalized spacial score (nSPS) is 11.5. The Morgan fingerprint density at radius 1 is 1.09 bits per heavy atom. The third kappa shape index (κ3) is 2.38. The largest absolute Gasteiger partial charge is 0.493 e. The Morgan fingerprint density at radius 2 is 1.73 bits per heavy atom. The van der Waals surface area contributed by atoms with Crippen molar-refractivity contribution < 1.29 is 22.6 Å². The van der Waals surface area contributed by atoms with Gasteiger partial charge in [-0.05, 0) is 13.1 Å². The molecule has 0 fully saturated rings. The molecule has 8 nitrogen and oxygen atoms in total. The van der Waals surface area contributed by atoms with Gasteiger partial charge in [0.1, 0.15) is 4.90 Å². The standard InChI is InChI=1S/C13H16N2O6S/c1-14-22(17,18)9-6-15-10-7(11(9)16)5-8(19-2)12(20-3)13(10)21-4/h5-6,14H,1-4H3,(H,15,16). The van der Waals surface area contributed by atoms with Crippen molar-refractivity contribution in [3.8, 4) is 17.2 Å². The number of pyridine rings is 1. The summed E-state index contributed by atoms with van der Waals surface area (Å²) in [5.41, 5.74) is -0.345. The zero-order valence-corrected chi connectivity index (χ0v) is 13.3. The van der Waals surface area contributed by atoms with Crippen molar-refractivity contribution in [2.45, 2.75) is 4.90 Å². The minimum absolute atomic E-state index is 0.117. The monoisotopic (exact) mass is 328 g/mol. The first-order chi connectivity index (χ1) is 10.4. The molecule has 0 saturated heterocycles. The van der Waals surface area contributed by atoms with E-state index in [1.165, 1.54) is 34.4 Å². The van der Waals surface area contributed by atoms with E-state index in [-0.39, 0.29) is 16.9 Å². The third-order valence-corrected chi connectivity index (χ3v) is 4.62. The van der Waals surface area contributed by atoms with E-state index in [0.717, 1.165) is 6.20 Å². The summed E-state index contributed by atoms with van der Waals surface area (Å²) in [4.78, 5) is 14.9. The molecule has 0 aliphatic carbocycles. The number of fused-ring (bicyclic) bond motifs is 1. The second-order valence-electron chi connectivity index (χ2n) is 4.26. The van der Waals surface area contributed by atoms with Crippen LogP contribution in [-0.2, 0) is 10.0 Å². The van der Waals surface area contributed by atoms with Gasteiger partial charge in [-0.15, -0.1) is 0 Å². The first-order valence-corrected chi connectivity index (χ1v) is 7.67. The number of rotatable bonds is 5. The van der Waals surface area contributed by atoms with Crippen molar-refractivity contribution in [3.63, 3.8) is 0 Å². The Bertz CT molecular complexity index is 872. The SMILES string of the molecule is CNS(=O)(=O)c1c[nH]c2c(OC)c(OC)c(OC)cc2c1=O. The summed E-state index contributed by atoms with van der Waals surface area (Å²) < 4.78 is 41.5. The molecule has 0 spiro atoms. The number of aromatic amines is 1. The summed E-state index contributed by atoms with van der Waals surface area (Å²) >= 11 is 0. The highest BCUT2D eigenvalue weighted by molar-refractivity contribution is 7.89. The van der Waals surface area contributed by atoms with Crippen molar-refractivity contribution in [2.24, 2.45) is 0 Å². The van der Waals surface area contributed by atoms with E-state index in [9.17, 15) is 13.2 Å². The predicted octanol–water partition coefficient (Wildman–Crippen LogP) is 0.462. The van der Waals surface area contributed by atoms with Crippen LogP contribution in [0.2, 0.25) is 0 Å². The molecule has 0 bridgehead atoms. The van der Waals surface area contributed by atoms with Crippen LogP contribution in [0.15, 0.2) is 22.0 Å². The van der Waals surface area contributed by atoms with Crippen LogP contribution in [-0.4, -0.2) is 41.8 Å². The molecule has 1 aromatic carbocycles. The van der Waals surface area contributed by atoms with E-state index >= 15 is 0 Å². The summed E-state index contributed by atoms with van der Waals surface area (Å²) in [5, 5.41) is 0.117. The number of hydrogen-bond acceptors (Lipinski definition) is 6. The second kappa shape index (κ2) is 5.85. The smallest absolute Gasteiger partial charge is 0.245 e. The molecule has 2 N–H and O–H groups in total. The Labute approximate surface area is 127 Å². The molecular formula is C13H16N2O6S. The summed E-state index contributed by atoms with van der Waals surface area (Å²) in [6.07, 6.45) is 1.12. The molecule has 0 unspecified atom stereocenters. The number of methoxy groups -OCH3 is 3. The van der Waals surface area contributed by atoms with Crippen LogP contribution in [0.5, 0.6) is 17.2 Å². The molecule has 2 aromatic rings. The fraction of sp³-hybridized carbons (Fsp3) is 0.308. The number of hydrogen-bond donors (Lipinski definition) is 2. The van der Waals surface area contributed by atoms with Crippen LogP contribution in [0.25, 0.3) is 10.9 Å². The number of H-pyrrole nitrogens is 1. The van der Waals surface area contributed by atoms with Crippen molar-refractivity contribution >= 4 is 20.9 Å². The second-order valence-corrected chi connectivity index (χ2v) is 6.11. The molecule has 0 aliphatic rings. The van der Waals surface area contributed by atoms with E-state index in [4.69, 9.17) is 14.2 Å². The maximum absolute atomic E-state index is 12.5. The quantitative estimate of drug-likeness (QED) is 0.826. The van der Waals surface area contributed by atoms with Gasteiger partial charge in [0.15, 0.2) is 11.5 Å². The lowest BCUT2D eigenvalue weighted by Crippen LogP contribution is -2.25. The van der Waals surface area contributed by atoms with Gasteiger partial charge in [-0.1, -0.05) is 0 Å². The van der Waals surface area contributed by atoms with Gasteiger partial charge in [0.05, 0.1) is 32.2 Å². The molecule has 9 heteroatoms. The maximum Gasteiger partial charge on any atom is 0.245 e. The highest BCUT2D eigenvalue weighted by Crippen LogP contribution is 2.41. The fourth-order valence-electron chi connectivity index (χ4n) is 2.12. The molecular weight excluding hydrogens is 312 g/mol. The van der Waals surface area contributed by atoms with Crippen molar-refractivity contribution in [1.29, 1.82) is 0 Å². The van der Waals surface area contributed by atoms with Gasteiger partial charge in [0.2, 0.25) is 21.2 Å². The highest BCUT2D eigenvalue weighted by atomic mass is 32.2. The van der Waals surface area contributed by atoms with Crippen molar-refractivity contribution in [3.05, 3.63) is 22.5 Å². The first kappa shape index (κ1) is 16.1. The van der Waals surface area contributed by atoms with E-state index in [1.807, 2.05) is 0 Å². The lowest BCUT2D eigenvalue weighted by molar-refractivity contribution is 0.327. The molecule has 0 radical (unpaired) electrons. The number of nitrogens with one attached hydrogen (secondary N) is 2. The van der Waals surface area contributed by atoms with Crippen LogP contribution in [0, 0.1) is 0 Å². The highest BCUT2D eigenvalue weighted by Gasteiger charge is 2.23. The lowest BCUT2D eigenvalue weighted by Gasteiger charge is -2.14. The number of aromatic nitrogens is 1. The van der Waals surface area contributed by atoms with Gasteiger partial charge in [-0.3, -0.25) is 4.79 Å². The third-order valence-electron chi connectivity index (χ3n) is 3.20. The van der Waals surface area contributed by atoms with Crippen LogP contribution >= 0.6 is 0 Å². The minimum Gasteiger partial charge on any atom is -0.493 e. The molecule has 2 rings (SSSR count). The Morgan fingerprint density at radius 3 is 2.23 bits per heavy atom. The molecule has 0 aliphatic heterocycles. The minimum atomic E-state index is -3.88. The molecule has 0 amide bonds. The molecule has 22 heavy (non-hydrogen) atoms. The van der Waals surface area contributed by atoms with Gasteiger partial charge in [0, 0.05) is 6.20 Å². The Kier molecular flexibility index (Phi) is 4.29. The number of ether oxygens (including phenoxy) is 3. The van der Waals surface area contributed by atoms with Gasteiger partial charge in [-0.2, -0.15) is 0 Å². The molecule has 1 heterocycles. The maximum atomic E-state index is 12.5. The van der Waals surface area contributed by atoms with Crippen LogP contribution in [0.3, 0.4) is 0 Å². The van der Waals surface area contributed by atoms with Crippen molar-refractivity contribution in [1.82, 2.24) is 9.71 Å². The topological polar surface area (TPSA) is 107 Å². The fourth-order valence-corrected chi connectivity index (χ4v) is 2.91. The number of benzene rings is 1. The number of sulfonamides is 1. The Balaban J connectivity index is 2.96. The van der Waals surface area contributed by atoms with Gasteiger partial charge < -0.3 is 19.2 Å². The first-order valence-electron chi connectivity index (χ1n) is 6.19. The van der Waals surface area contributed by atoms with Crippen molar-refractivity contribution in [2.75, 3.05) is 28.4 Å². The molecule has 120 valence electrons. The van der Waals surface area contributed by atoms with E-state index in [1.54, 1.807) is 0 Å². The zero-order valence-electron chi connectivity index (χ0n) is 12.5. The average molecular weight is 328 g/mol. The predicted molar refractivity (Wildman–Crippen MR) is 80.5 cm³/mol. The zero-order chi connectivity index (χ0) is 16.5. The van der Waals surface area contributed by atoms with E-state index < -0.39 is 20.3 Å². The molecule has 1 aromatic heterocycles. The van der Waals surface area contributed by atoms with Gasteiger partial charge in [-0.25, -0.2) is 13.1 Å². The van der Waals surface area contributed by atoms with Crippen LogP contribution < -0.4 is 24.4 Å². The van der Waals surface area contributed by atoms with E-state index in [0.29, 0.717) is 11.3 Å². The summed E-state index contributed by atoms with van der Waals surface area (Å²) in [5.74, 6) is 0.816. The van der Waals surface area contributed by atoms with Crippen LogP contribution in [0.1, 0.15) is 0 Å². The van der Waals surface area contributed by atoms with E-state index in [2.05, 4.69) is 9.71 Å². The van der Waals surface area contributed by atoms with Gasteiger partial charge >= 0.3 is 0 Å². The summed E-state index contributed by atoms with van der Waals surface area (Å²) in [6.45, 7) is 0. The average Bonchev–Trinajstić information content (AvgIpc) is 2.53. The molecule has 0 saturated carbocycles. The lowest BCUT2D eigenvalue weighted by atomic mass is 10.1. The summed E-state index contributed by atoms with van der Waals surface area (Å²) in [6, 6.07) is 1.41. The summed E-state index contributed by atoms with van der Waals surface area (Å²) in [7, 11) is 1.60. The van der Waals surface area contributed by atoms with Gasteiger partial charge in [0.25, 0.3) is 0 Å². The van der Waals surface area contributed by atoms with Crippen LogP contribution in [0.4, 0.5) is 0 Å².